The van der Waals surface area contributed by atoms with E-state index in [4.69, 9.17) is 9.37 Å². The highest BCUT2D eigenvalue weighted by Crippen LogP contribution is 2.33. The summed E-state index contributed by atoms with van der Waals surface area (Å²) in [5.74, 6) is 1.14. The van der Waals surface area contributed by atoms with Crippen LogP contribution in [0.2, 0.25) is 0 Å². The summed E-state index contributed by atoms with van der Waals surface area (Å²) in [5, 5.41) is 23.7. The first-order valence-electron chi connectivity index (χ1n) is 6.75. The summed E-state index contributed by atoms with van der Waals surface area (Å²) in [5.41, 5.74) is 2.91. The average Bonchev–Trinajstić information content (AvgIpc) is 3.09. The molecule has 2 heterocycles. The van der Waals surface area contributed by atoms with Crippen molar-refractivity contribution in [2.75, 3.05) is 7.11 Å². The summed E-state index contributed by atoms with van der Waals surface area (Å²) >= 11 is 0. The Morgan fingerprint density at radius 3 is 2.73 bits per heavy atom. The number of hydrogen-bond acceptors (Lipinski definition) is 6. The molecule has 8 heteroatoms. The minimum Gasteiger partial charge on any atom is -0.497 e. The molecule has 0 saturated carbocycles. The second-order valence-electron chi connectivity index (χ2n) is 5.01. The standard InChI is InChI=1S/C14H13N4O4/c1-21-9-4-2-8(3-5-9)14-15-12-10(17(14)19)6-7-11-13(12)16-22-18(11)20/h2-5,19-20H,6-7H2,1H3/q+1. The van der Waals surface area contributed by atoms with E-state index in [9.17, 15) is 10.4 Å². The van der Waals surface area contributed by atoms with Crippen molar-refractivity contribution in [2.45, 2.75) is 12.8 Å². The quantitative estimate of drug-likeness (QED) is 0.687. The van der Waals surface area contributed by atoms with Crippen LogP contribution in [0.15, 0.2) is 28.9 Å². The molecule has 1 aliphatic carbocycles. The number of methoxy groups -OCH3 is 1. The van der Waals surface area contributed by atoms with Gasteiger partial charge in [-0.3, -0.25) is 0 Å². The van der Waals surface area contributed by atoms with Crippen LogP contribution >= 0.6 is 0 Å². The maximum atomic E-state index is 10.4. The zero-order valence-electron chi connectivity index (χ0n) is 11.7. The average molecular weight is 301 g/mol. The Morgan fingerprint density at radius 1 is 1.23 bits per heavy atom. The highest BCUT2D eigenvalue weighted by atomic mass is 16.8. The summed E-state index contributed by atoms with van der Waals surface area (Å²) in [6.45, 7) is 0. The maximum absolute atomic E-state index is 10.4. The van der Waals surface area contributed by atoms with Crippen LogP contribution in [0.3, 0.4) is 0 Å². The molecule has 0 bridgehead atoms. The largest absolute Gasteiger partial charge is 0.497 e. The first kappa shape index (κ1) is 12.7. The second-order valence-corrected chi connectivity index (χ2v) is 5.01. The highest BCUT2D eigenvalue weighted by Gasteiger charge is 2.36. The van der Waals surface area contributed by atoms with Crippen molar-refractivity contribution >= 4 is 0 Å². The molecule has 0 amide bonds. The van der Waals surface area contributed by atoms with Crippen LogP contribution in [0.5, 0.6) is 5.75 Å². The van der Waals surface area contributed by atoms with Crippen molar-refractivity contribution in [2.24, 2.45) is 0 Å². The SMILES string of the molecule is COc1ccc(-c2nc3c(n2O)CCc2c-3no[n+]2O)cc1. The Balaban J connectivity index is 1.85. The first-order chi connectivity index (χ1) is 10.7. The fourth-order valence-corrected chi connectivity index (χ4v) is 2.69. The number of imidazole rings is 1. The molecule has 8 nitrogen and oxygen atoms in total. The van der Waals surface area contributed by atoms with Crippen LogP contribution in [0.25, 0.3) is 22.8 Å². The fourth-order valence-electron chi connectivity index (χ4n) is 2.69. The number of rotatable bonds is 2. The number of fused-ring (bicyclic) bond motifs is 3. The molecule has 0 fully saturated rings. The van der Waals surface area contributed by atoms with Gasteiger partial charge < -0.3 is 15.2 Å². The molecule has 0 radical (unpaired) electrons. The predicted molar refractivity (Wildman–Crippen MR) is 71.7 cm³/mol. The molecular formula is C14H13N4O4+. The molecule has 0 saturated heterocycles. The monoisotopic (exact) mass is 301 g/mol. The summed E-state index contributed by atoms with van der Waals surface area (Å²) in [7, 11) is 1.59. The molecule has 22 heavy (non-hydrogen) atoms. The van der Waals surface area contributed by atoms with E-state index in [1.165, 1.54) is 0 Å². The van der Waals surface area contributed by atoms with Crippen molar-refractivity contribution in [3.8, 4) is 28.5 Å². The molecule has 112 valence electrons. The van der Waals surface area contributed by atoms with E-state index in [1.807, 2.05) is 12.1 Å². The van der Waals surface area contributed by atoms with Crippen LogP contribution in [0, 0.1) is 0 Å². The molecular weight excluding hydrogens is 288 g/mol. The Bertz CT molecular complexity index is 851. The van der Waals surface area contributed by atoms with Crippen molar-refractivity contribution in [3.63, 3.8) is 0 Å². The van der Waals surface area contributed by atoms with E-state index in [-0.39, 0.29) is 0 Å². The van der Waals surface area contributed by atoms with Crippen LogP contribution < -0.4 is 9.64 Å². The number of ether oxygens (including phenoxy) is 1. The van der Waals surface area contributed by atoms with Gasteiger partial charge in [-0.15, -0.1) is 0 Å². The van der Waals surface area contributed by atoms with Gasteiger partial charge in [0.2, 0.25) is 0 Å². The Morgan fingerprint density at radius 2 is 2.00 bits per heavy atom. The predicted octanol–water partition coefficient (Wildman–Crippen LogP) is 1.07. The van der Waals surface area contributed by atoms with E-state index < -0.39 is 0 Å². The first-order valence-corrected chi connectivity index (χ1v) is 6.75. The molecule has 2 aromatic heterocycles. The minimum atomic E-state index is 0.410. The lowest BCUT2D eigenvalue weighted by Gasteiger charge is -2.06. The van der Waals surface area contributed by atoms with Crippen LogP contribution in [-0.2, 0) is 12.8 Å². The van der Waals surface area contributed by atoms with E-state index in [0.717, 1.165) is 16.0 Å². The van der Waals surface area contributed by atoms with Gasteiger partial charge in [-0.1, -0.05) is 0 Å². The van der Waals surface area contributed by atoms with Gasteiger partial charge in [0, 0.05) is 18.4 Å². The van der Waals surface area contributed by atoms with Gasteiger partial charge >= 0.3 is 5.69 Å². The van der Waals surface area contributed by atoms with E-state index in [0.29, 0.717) is 46.3 Å². The van der Waals surface area contributed by atoms with Gasteiger partial charge in [-0.05, 0) is 28.9 Å². The lowest BCUT2D eigenvalue weighted by atomic mass is 10.0. The van der Waals surface area contributed by atoms with Gasteiger partial charge in [0.05, 0.1) is 12.8 Å². The second kappa shape index (κ2) is 4.48. The molecule has 0 spiro atoms. The maximum Gasteiger partial charge on any atom is 0.301 e. The molecule has 3 aromatic rings. The zero-order valence-corrected chi connectivity index (χ0v) is 11.7. The van der Waals surface area contributed by atoms with Crippen molar-refractivity contribution in [3.05, 3.63) is 35.7 Å². The summed E-state index contributed by atoms with van der Waals surface area (Å²) in [6.07, 6.45) is 1.04. The third kappa shape index (κ3) is 1.67. The normalized spacial score (nSPS) is 12.8. The topological polar surface area (TPSA) is 97.4 Å². The molecule has 1 aliphatic rings. The zero-order chi connectivity index (χ0) is 15.3. The van der Waals surface area contributed by atoms with Gasteiger partial charge in [-0.25, -0.2) is 4.98 Å². The van der Waals surface area contributed by atoms with E-state index in [2.05, 4.69) is 10.1 Å². The Hall–Kier alpha value is -3.03. The number of hydrogen-bond donors (Lipinski definition) is 2. The summed E-state index contributed by atoms with van der Waals surface area (Å²) in [6, 6.07) is 7.23. The van der Waals surface area contributed by atoms with Gasteiger partial charge in [-0.2, -0.15) is 4.73 Å². The number of benzene rings is 1. The fraction of sp³-hybridized carbons (Fsp3) is 0.214. The lowest BCUT2D eigenvalue weighted by molar-refractivity contribution is -1.04. The Kier molecular flexibility index (Phi) is 2.59. The lowest BCUT2D eigenvalue weighted by Crippen LogP contribution is -2.33. The van der Waals surface area contributed by atoms with Crippen molar-refractivity contribution in [1.82, 2.24) is 14.9 Å². The van der Waals surface area contributed by atoms with E-state index >= 15 is 0 Å². The van der Waals surface area contributed by atoms with E-state index in [1.54, 1.807) is 19.2 Å². The molecule has 2 N–H and O–H groups in total. The summed E-state index contributed by atoms with van der Waals surface area (Å²) < 4.78 is 10.9. The molecule has 0 atom stereocenters. The minimum absolute atomic E-state index is 0.410. The third-order valence-electron chi connectivity index (χ3n) is 3.83. The summed E-state index contributed by atoms with van der Waals surface area (Å²) in [4.78, 5) is 5.10. The molecule has 4 rings (SSSR count). The van der Waals surface area contributed by atoms with Crippen molar-refractivity contribution in [1.29, 1.82) is 0 Å². The van der Waals surface area contributed by atoms with Crippen LogP contribution in [0.1, 0.15) is 11.4 Å². The molecule has 0 aliphatic heterocycles. The third-order valence-corrected chi connectivity index (χ3v) is 3.83. The van der Waals surface area contributed by atoms with Crippen LogP contribution in [0.4, 0.5) is 0 Å². The van der Waals surface area contributed by atoms with Gasteiger partial charge in [0.25, 0.3) is 5.69 Å². The number of nitrogens with zero attached hydrogens (tertiary/aromatic N) is 4. The highest BCUT2D eigenvalue weighted by molar-refractivity contribution is 5.68. The van der Waals surface area contributed by atoms with Crippen molar-refractivity contribution < 1.29 is 24.7 Å². The van der Waals surface area contributed by atoms with Gasteiger partial charge in [0.1, 0.15) is 16.3 Å². The molecule has 0 unspecified atom stereocenters. The van der Waals surface area contributed by atoms with Crippen LogP contribution in [-0.4, -0.2) is 32.4 Å². The molecule has 1 aromatic carbocycles. The Labute approximate surface area is 124 Å². The smallest absolute Gasteiger partial charge is 0.301 e. The number of aromatic nitrogens is 4. The van der Waals surface area contributed by atoms with Gasteiger partial charge in [0.15, 0.2) is 11.0 Å².